The normalized spacial score (nSPS) is 21.3. The number of aryl methyl sites for hydroxylation is 1. The largest absolute Gasteiger partial charge is 0.443 e. The molecule has 1 heterocycles. The van der Waals surface area contributed by atoms with E-state index in [1.165, 1.54) is 18.2 Å². The highest BCUT2D eigenvalue weighted by molar-refractivity contribution is 6.02. The van der Waals surface area contributed by atoms with E-state index in [-0.39, 0.29) is 17.9 Å². The highest BCUT2D eigenvalue weighted by Crippen LogP contribution is 2.46. The van der Waals surface area contributed by atoms with Gasteiger partial charge in [-0.05, 0) is 30.2 Å². The molecular formula is C17H15F3N2O. The third kappa shape index (κ3) is 2.59. The second-order valence-corrected chi connectivity index (χ2v) is 5.43. The Kier molecular flexibility index (Phi) is 3.64. The van der Waals surface area contributed by atoms with Crippen molar-refractivity contribution in [3.05, 3.63) is 65.2 Å². The number of rotatable bonds is 2. The first-order valence-corrected chi connectivity index (χ1v) is 7.05. The fourth-order valence-electron chi connectivity index (χ4n) is 2.55. The van der Waals surface area contributed by atoms with Gasteiger partial charge in [0.1, 0.15) is 0 Å². The maximum Gasteiger partial charge on any atom is 0.443 e. The molecule has 3 rings (SSSR count). The third-order valence-electron chi connectivity index (χ3n) is 3.86. The summed E-state index contributed by atoms with van der Waals surface area (Å²) in [5, 5.41) is 0. The molecule has 0 radical (unpaired) electrons. The maximum absolute atomic E-state index is 13.8. The number of alkyl halides is 3. The lowest BCUT2D eigenvalue weighted by atomic mass is 9.99. The molecule has 3 nitrogen and oxygen atoms in total. The average molecular weight is 320 g/mol. The van der Waals surface area contributed by atoms with Gasteiger partial charge in [0.2, 0.25) is 0 Å². The Bertz CT molecular complexity index is 756. The van der Waals surface area contributed by atoms with Crippen molar-refractivity contribution in [1.29, 1.82) is 0 Å². The quantitative estimate of drug-likeness (QED) is 0.855. The summed E-state index contributed by atoms with van der Waals surface area (Å²) in [6, 6.07) is 12.8. The Balaban J connectivity index is 2.13. The van der Waals surface area contributed by atoms with Gasteiger partial charge in [-0.2, -0.15) is 13.2 Å². The summed E-state index contributed by atoms with van der Waals surface area (Å²) >= 11 is 0. The molecule has 0 aromatic heterocycles. The third-order valence-corrected chi connectivity index (χ3v) is 3.86. The number of benzene rings is 2. The molecule has 0 saturated heterocycles. The maximum atomic E-state index is 13.8. The van der Waals surface area contributed by atoms with E-state index in [4.69, 9.17) is 10.5 Å². The van der Waals surface area contributed by atoms with E-state index in [2.05, 4.69) is 4.99 Å². The molecule has 1 aliphatic rings. The SMILES string of the molecule is Cc1cc(C2(C(F)(F)F)N=C(c3ccccc3)CO2)ccc1N. The lowest BCUT2D eigenvalue weighted by Gasteiger charge is -2.28. The van der Waals surface area contributed by atoms with Crippen LogP contribution in [-0.2, 0) is 10.5 Å². The van der Waals surface area contributed by atoms with E-state index in [0.29, 0.717) is 16.8 Å². The van der Waals surface area contributed by atoms with Crippen LogP contribution in [0.3, 0.4) is 0 Å². The zero-order chi connectivity index (χ0) is 16.7. The molecule has 2 aromatic rings. The van der Waals surface area contributed by atoms with Crippen molar-refractivity contribution in [3.8, 4) is 0 Å². The van der Waals surface area contributed by atoms with Crippen LogP contribution in [0.1, 0.15) is 16.7 Å². The molecule has 0 aliphatic carbocycles. The fourth-order valence-corrected chi connectivity index (χ4v) is 2.55. The minimum absolute atomic E-state index is 0.0670. The van der Waals surface area contributed by atoms with Crippen molar-refractivity contribution in [1.82, 2.24) is 0 Å². The van der Waals surface area contributed by atoms with Crippen LogP contribution in [0.5, 0.6) is 0 Å². The summed E-state index contributed by atoms with van der Waals surface area (Å²) in [7, 11) is 0. The fraction of sp³-hybridized carbons (Fsp3) is 0.235. The lowest BCUT2D eigenvalue weighted by Crippen LogP contribution is -2.41. The number of hydrogen-bond acceptors (Lipinski definition) is 3. The van der Waals surface area contributed by atoms with E-state index in [1.807, 2.05) is 0 Å². The number of aliphatic imine (C=N–C) groups is 1. The predicted molar refractivity (Wildman–Crippen MR) is 82.3 cm³/mol. The molecule has 0 bridgehead atoms. The minimum Gasteiger partial charge on any atom is -0.399 e. The summed E-state index contributed by atoms with van der Waals surface area (Å²) in [4.78, 5) is 3.93. The van der Waals surface area contributed by atoms with Crippen LogP contribution in [-0.4, -0.2) is 18.5 Å². The lowest BCUT2D eigenvalue weighted by molar-refractivity contribution is -0.270. The first-order chi connectivity index (χ1) is 10.8. The first kappa shape index (κ1) is 15.6. The number of hydrogen-bond donors (Lipinski definition) is 1. The average Bonchev–Trinajstić information content (AvgIpc) is 2.97. The second-order valence-electron chi connectivity index (χ2n) is 5.43. The molecular weight excluding hydrogens is 305 g/mol. The van der Waals surface area contributed by atoms with Gasteiger partial charge >= 0.3 is 6.18 Å². The van der Waals surface area contributed by atoms with E-state index in [0.717, 1.165) is 0 Å². The second kappa shape index (κ2) is 5.38. The van der Waals surface area contributed by atoms with Crippen LogP contribution >= 0.6 is 0 Å². The minimum atomic E-state index is -4.67. The molecule has 0 fully saturated rings. The standard InChI is InChI=1S/C17H15F3N2O/c1-11-9-13(7-8-14(11)21)16(17(18,19)20)22-15(10-23-16)12-5-3-2-4-6-12/h2-9H,10,21H2,1H3. The molecule has 2 N–H and O–H groups in total. The van der Waals surface area contributed by atoms with Gasteiger partial charge in [0.05, 0.1) is 12.3 Å². The van der Waals surface area contributed by atoms with Gasteiger partial charge in [-0.15, -0.1) is 0 Å². The van der Waals surface area contributed by atoms with E-state index in [1.54, 1.807) is 37.3 Å². The molecule has 120 valence electrons. The highest BCUT2D eigenvalue weighted by Gasteiger charge is 2.60. The van der Waals surface area contributed by atoms with Gasteiger partial charge in [-0.3, -0.25) is 0 Å². The van der Waals surface area contributed by atoms with Gasteiger partial charge < -0.3 is 10.5 Å². The first-order valence-electron chi connectivity index (χ1n) is 7.05. The molecule has 0 spiro atoms. The van der Waals surface area contributed by atoms with Crippen molar-refractivity contribution in [2.45, 2.75) is 18.8 Å². The van der Waals surface area contributed by atoms with Gasteiger partial charge in [-0.1, -0.05) is 36.4 Å². The molecule has 1 unspecified atom stereocenters. The molecule has 2 aromatic carbocycles. The molecule has 23 heavy (non-hydrogen) atoms. The van der Waals surface area contributed by atoms with Crippen molar-refractivity contribution in [3.63, 3.8) is 0 Å². The molecule has 0 amide bonds. The number of nitrogens with zero attached hydrogens (tertiary/aromatic N) is 1. The summed E-state index contributed by atoms with van der Waals surface area (Å²) < 4.78 is 46.5. The molecule has 1 atom stereocenters. The van der Waals surface area contributed by atoms with Gasteiger partial charge in [0.25, 0.3) is 5.72 Å². The van der Waals surface area contributed by atoms with Gasteiger partial charge in [0, 0.05) is 11.3 Å². The summed E-state index contributed by atoms with van der Waals surface area (Å²) in [6.07, 6.45) is -4.67. The highest BCUT2D eigenvalue weighted by atomic mass is 19.4. The van der Waals surface area contributed by atoms with Crippen molar-refractivity contribution in [2.75, 3.05) is 12.3 Å². The zero-order valence-corrected chi connectivity index (χ0v) is 12.4. The van der Waals surface area contributed by atoms with E-state index < -0.39 is 11.9 Å². The molecule has 6 heteroatoms. The Morgan fingerprint density at radius 2 is 1.83 bits per heavy atom. The number of nitrogen functional groups attached to an aromatic ring is 1. The van der Waals surface area contributed by atoms with Crippen molar-refractivity contribution < 1.29 is 17.9 Å². The Morgan fingerprint density at radius 3 is 2.43 bits per heavy atom. The van der Waals surface area contributed by atoms with Crippen molar-refractivity contribution in [2.24, 2.45) is 4.99 Å². The Morgan fingerprint density at radius 1 is 1.13 bits per heavy atom. The summed E-state index contributed by atoms with van der Waals surface area (Å²) in [5.74, 6) is 0. The van der Waals surface area contributed by atoms with Crippen LogP contribution < -0.4 is 5.73 Å². The van der Waals surface area contributed by atoms with Crippen LogP contribution in [0.4, 0.5) is 18.9 Å². The van der Waals surface area contributed by atoms with E-state index in [9.17, 15) is 13.2 Å². The monoisotopic (exact) mass is 320 g/mol. The van der Waals surface area contributed by atoms with E-state index >= 15 is 0 Å². The van der Waals surface area contributed by atoms with Crippen LogP contribution in [0, 0.1) is 6.92 Å². The van der Waals surface area contributed by atoms with Gasteiger partial charge in [0.15, 0.2) is 0 Å². The predicted octanol–water partition coefficient (Wildman–Crippen LogP) is 3.81. The Labute approximate surface area is 131 Å². The molecule has 1 aliphatic heterocycles. The van der Waals surface area contributed by atoms with Crippen molar-refractivity contribution >= 4 is 11.4 Å². The van der Waals surface area contributed by atoms with Crippen LogP contribution in [0.2, 0.25) is 0 Å². The van der Waals surface area contributed by atoms with Crippen LogP contribution in [0.25, 0.3) is 0 Å². The topological polar surface area (TPSA) is 47.6 Å². The number of nitrogens with two attached hydrogens (primary N) is 1. The number of anilines is 1. The Hall–Kier alpha value is -2.34. The number of ether oxygens (including phenoxy) is 1. The number of halogens is 3. The van der Waals surface area contributed by atoms with Crippen LogP contribution in [0.15, 0.2) is 53.5 Å². The smallest absolute Gasteiger partial charge is 0.399 e. The molecule has 0 saturated carbocycles. The zero-order valence-electron chi connectivity index (χ0n) is 12.4. The van der Waals surface area contributed by atoms with Gasteiger partial charge in [-0.25, -0.2) is 4.99 Å². The summed E-state index contributed by atoms with van der Waals surface area (Å²) in [6.45, 7) is 1.45. The summed E-state index contributed by atoms with van der Waals surface area (Å²) in [5.41, 5.74) is 4.82.